The molecule has 1 saturated heterocycles. The van der Waals surface area contributed by atoms with E-state index in [-0.39, 0.29) is 0 Å². The number of hydrogen-bond acceptors (Lipinski definition) is 3. The Morgan fingerprint density at radius 1 is 1.40 bits per heavy atom. The second kappa shape index (κ2) is 4.53. The van der Waals surface area contributed by atoms with Crippen molar-refractivity contribution in [1.29, 1.82) is 0 Å². The fourth-order valence-corrected chi connectivity index (χ4v) is 1.85. The number of methoxy groups -OCH3 is 1. The van der Waals surface area contributed by atoms with Crippen molar-refractivity contribution in [3.63, 3.8) is 0 Å². The minimum atomic E-state index is 0.570. The zero-order chi connectivity index (χ0) is 10.7. The molecule has 82 valence electrons. The first kappa shape index (κ1) is 10.3. The summed E-state index contributed by atoms with van der Waals surface area (Å²) in [5, 5.41) is 3.27. The molecule has 3 nitrogen and oxygen atoms in total. The van der Waals surface area contributed by atoms with Crippen LogP contribution in [0.1, 0.15) is 18.4 Å². The van der Waals surface area contributed by atoms with E-state index in [1.165, 1.54) is 5.56 Å². The SMILES string of the molecule is CCOc1cccc(C2CNC2)c1OC. The van der Waals surface area contributed by atoms with E-state index < -0.39 is 0 Å². The van der Waals surface area contributed by atoms with Crippen LogP contribution in [0.3, 0.4) is 0 Å². The van der Waals surface area contributed by atoms with Gasteiger partial charge in [0.05, 0.1) is 13.7 Å². The highest BCUT2D eigenvalue weighted by atomic mass is 16.5. The fraction of sp³-hybridized carbons (Fsp3) is 0.500. The van der Waals surface area contributed by atoms with Crippen LogP contribution in [0.5, 0.6) is 11.5 Å². The van der Waals surface area contributed by atoms with E-state index >= 15 is 0 Å². The summed E-state index contributed by atoms with van der Waals surface area (Å²) in [6.07, 6.45) is 0. The van der Waals surface area contributed by atoms with Crippen molar-refractivity contribution < 1.29 is 9.47 Å². The molecule has 0 amide bonds. The molecule has 1 fully saturated rings. The number of nitrogens with one attached hydrogen (secondary N) is 1. The molecule has 0 bridgehead atoms. The Bertz CT molecular complexity index is 334. The Labute approximate surface area is 90.4 Å². The summed E-state index contributed by atoms with van der Waals surface area (Å²) in [6.45, 7) is 4.72. The lowest BCUT2D eigenvalue weighted by Gasteiger charge is -2.29. The molecule has 3 heteroatoms. The highest BCUT2D eigenvalue weighted by Crippen LogP contribution is 2.36. The first-order valence-electron chi connectivity index (χ1n) is 5.37. The molecule has 15 heavy (non-hydrogen) atoms. The van der Waals surface area contributed by atoms with Gasteiger partial charge in [-0.25, -0.2) is 0 Å². The summed E-state index contributed by atoms with van der Waals surface area (Å²) < 4.78 is 11.0. The predicted octanol–water partition coefficient (Wildman–Crippen LogP) is 1.78. The van der Waals surface area contributed by atoms with E-state index in [1.807, 2.05) is 19.1 Å². The van der Waals surface area contributed by atoms with Crippen molar-refractivity contribution in [3.05, 3.63) is 23.8 Å². The maximum absolute atomic E-state index is 5.54. The quantitative estimate of drug-likeness (QED) is 0.816. The Hall–Kier alpha value is -1.22. The third-order valence-electron chi connectivity index (χ3n) is 2.73. The van der Waals surface area contributed by atoms with Gasteiger partial charge in [0, 0.05) is 24.6 Å². The van der Waals surface area contributed by atoms with Gasteiger partial charge < -0.3 is 14.8 Å². The maximum atomic E-state index is 5.54. The van der Waals surface area contributed by atoms with Gasteiger partial charge in [-0.1, -0.05) is 12.1 Å². The average Bonchev–Trinajstić information content (AvgIpc) is 2.16. The minimum absolute atomic E-state index is 0.570. The molecule has 0 atom stereocenters. The highest BCUT2D eigenvalue weighted by molar-refractivity contribution is 5.49. The maximum Gasteiger partial charge on any atom is 0.164 e. The average molecular weight is 207 g/mol. The first-order valence-corrected chi connectivity index (χ1v) is 5.37. The lowest BCUT2D eigenvalue weighted by Crippen LogP contribution is -2.40. The molecular formula is C12H17NO2. The standard InChI is InChI=1S/C12H17NO2/c1-3-15-11-6-4-5-10(12(11)14-2)9-7-13-8-9/h4-6,9,13H,3,7-8H2,1-2H3. The van der Waals surface area contributed by atoms with Crippen LogP contribution in [0.2, 0.25) is 0 Å². The van der Waals surface area contributed by atoms with Gasteiger partial charge in [0.2, 0.25) is 0 Å². The molecule has 0 aliphatic carbocycles. The third-order valence-corrected chi connectivity index (χ3v) is 2.73. The van der Waals surface area contributed by atoms with E-state index in [0.29, 0.717) is 12.5 Å². The van der Waals surface area contributed by atoms with Crippen LogP contribution in [0.4, 0.5) is 0 Å². The van der Waals surface area contributed by atoms with Crippen molar-refractivity contribution >= 4 is 0 Å². The molecule has 1 heterocycles. The summed E-state index contributed by atoms with van der Waals surface area (Å²) in [6, 6.07) is 6.10. The lowest BCUT2D eigenvalue weighted by molar-refractivity contribution is 0.305. The summed E-state index contributed by atoms with van der Waals surface area (Å²) in [7, 11) is 1.70. The Balaban J connectivity index is 2.31. The second-order valence-corrected chi connectivity index (χ2v) is 3.67. The third kappa shape index (κ3) is 1.92. The molecular weight excluding hydrogens is 190 g/mol. The summed E-state index contributed by atoms with van der Waals surface area (Å²) in [5.74, 6) is 2.32. The van der Waals surface area contributed by atoms with Crippen molar-refractivity contribution in [2.45, 2.75) is 12.8 Å². The highest BCUT2D eigenvalue weighted by Gasteiger charge is 2.23. The van der Waals surface area contributed by atoms with E-state index in [2.05, 4.69) is 11.4 Å². The van der Waals surface area contributed by atoms with Gasteiger partial charge in [0.15, 0.2) is 11.5 Å². The van der Waals surface area contributed by atoms with Crippen LogP contribution in [-0.4, -0.2) is 26.8 Å². The van der Waals surface area contributed by atoms with E-state index in [9.17, 15) is 0 Å². The number of benzene rings is 1. The lowest BCUT2D eigenvalue weighted by atomic mass is 9.92. The van der Waals surface area contributed by atoms with Gasteiger partial charge >= 0.3 is 0 Å². The van der Waals surface area contributed by atoms with Crippen LogP contribution in [0.25, 0.3) is 0 Å². The normalized spacial score (nSPS) is 15.9. The van der Waals surface area contributed by atoms with Crippen LogP contribution in [0.15, 0.2) is 18.2 Å². The molecule has 0 unspecified atom stereocenters. The van der Waals surface area contributed by atoms with Crippen LogP contribution >= 0.6 is 0 Å². The van der Waals surface area contributed by atoms with Crippen molar-refractivity contribution in [2.75, 3.05) is 26.8 Å². The van der Waals surface area contributed by atoms with Gasteiger partial charge in [0.25, 0.3) is 0 Å². The van der Waals surface area contributed by atoms with Crippen LogP contribution < -0.4 is 14.8 Å². The van der Waals surface area contributed by atoms with E-state index in [4.69, 9.17) is 9.47 Å². The Kier molecular flexibility index (Phi) is 3.11. The van der Waals surface area contributed by atoms with Gasteiger partial charge in [-0.05, 0) is 13.0 Å². The van der Waals surface area contributed by atoms with Gasteiger partial charge in [0.1, 0.15) is 0 Å². The molecule has 1 aliphatic heterocycles. The largest absolute Gasteiger partial charge is 0.493 e. The van der Waals surface area contributed by atoms with Crippen molar-refractivity contribution in [1.82, 2.24) is 5.32 Å². The van der Waals surface area contributed by atoms with Gasteiger partial charge in [-0.2, -0.15) is 0 Å². The summed E-state index contributed by atoms with van der Waals surface area (Å²) >= 11 is 0. The van der Waals surface area contributed by atoms with Gasteiger partial charge in [-0.3, -0.25) is 0 Å². The first-order chi connectivity index (χ1) is 7.36. The van der Waals surface area contributed by atoms with Crippen LogP contribution in [0, 0.1) is 0 Å². The van der Waals surface area contributed by atoms with Gasteiger partial charge in [-0.15, -0.1) is 0 Å². The van der Waals surface area contributed by atoms with E-state index in [0.717, 1.165) is 24.6 Å². The van der Waals surface area contributed by atoms with E-state index in [1.54, 1.807) is 7.11 Å². The molecule has 0 spiro atoms. The predicted molar refractivity (Wildman–Crippen MR) is 59.8 cm³/mol. The second-order valence-electron chi connectivity index (χ2n) is 3.67. The molecule has 0 aromatic heterocycles. The fourth-order valence-electron chi connectivity index (χ4n) is 1.85. The molecule has 0 saturated carbocycles. The van der Waals surface area contributed by atoms with Crippen LogP contribution in [-0.2, 0) is 0 Å². The zero-order valence-corrected chi connectivity index (χ0v) is 9.25. The summed E-state index contributed by atoms with van der Waals surface area (Å²) in [4.78, 5) is 0. The molecule has 1 aromatic carbocycles. The minimum Gasteiger partial charge on any atom is -0.493 e. The zero-order valence-electron chi connectivity index (χ0n) is 9.25. The molecule has 0 radical (unpaired) electrons. The smallest absolute Gasteiger partial charge is 0.164 e. The molecule has 1 aliphatic rings. The number of rotatable bonds is 4. The Morgan fingerprint density at radius 2 is 2.20 bits per heavy atom. The molecule has 2 rings (SSSR count). The Morgan fingerprint density at radius 3 is 2.73 bits per heavy atom. The van der Waals surface area contributed by atoms with Crippen molar-refractivity contribution in [3.8, 4) is 11.5 Å². The summed E-state index contributed by atoms with van der Waals surface area (Å²) in [5.41, 5.74) is 1.25. The number of ether oxygens (including phenoxy) is 2. The van der Waals surface area contributed by atoms with Crippen molar-refractivity contribution in [2.24, 2.45) is 0 Å². The number of para-hydroxylation sites is 1. The topological polar surface area (TPSA) is 30.5 Å². The molecule has 1 aromatic rings. The molecule has 1 N–H and O–H groups in total. The monoisotopic (exact) mass is 207 g/mol. The number of hydrogen-bond donors (Lipinski definition) is 1.